The maximum atomic E-state index is 8.70. The van der Waals surface area contributed by atoms with Crippen LogP contribution in [0, 0.1) is 11.3 Å². The van der Waals surface area contributed by atoms with Crippen molar-refractivity contribution in [3.63, 3.8) is 0 Å². The summed E-state index contributed by atoms with van der Waals surface area (Å²) in [6.07, 6.45) is 1.29. The van der Waals surface area contributed by atoms with E-state index in [2.05, 4.69) is 11.4 Å². The maximum Gasteiger partial charge on any atom is 0.121 e. The molecule has 1 aromatic carbocycles. The lowest BCUT2D eigenvalue weighted by Gasteiger charge is -2.11. The molecule has 0 aliphatic carbocycles. The van der Waals surface area contributed by atoms with Gasteiger partial charge in [0, 0.05) is 6.54 Å². The molecule has 1 aliphatic heterocycles. The lowest BCUT2D eigenvalue weighted by atomic mass is 10.2. The maximum absolute atomic E-state index is 8.70. The van der Waals surface area contributed by atoms with Gasteiger partial charge in [0.15, 0.2) is 0 Å². The quantitative estimate of drug-likeness (QED) is 0.760. The predicted octanol–water partition coefficient (Wildman–Crippen LogP) is 1.30. The van der Waals surface area contributed by atoms with Crippen molar-refractivity contribution in [2.24, 2.45) is 0 Å². The SMILES string of the molecule is N#Cc1cccc(OC2CCNC2)c1. The monoisotopic (exact) mass is 188 g/mol. The lowest BCUT2D eigenvalue weighted by molar-refractivity contribution is 0.223. The molecule has 1 aromatic rings. The Kier molecular flexibility index (Phi) is 2.66. The number of hydrogen-bond acceptors (Lipinski definition) is 3. The van der Waals surface area contributed by atoms with Crippen LogP contribution in [0.3, 0.4) is 0 Å². The first-order chi connectivity index (χ1) is 6.88. The van der Waals surface area contributed by atoms with Crippen molar-refractivity contribution in [3.8, 4) is 11.8 Å². The minimum absolute atomic E-state index is 0.254. The lowest BCUT2D eigenvalue weighted by Crippen LogP contribution is -2.19. The van der Waals surface area contributed by atoms with Gasteiger partial charge >= 0.3 is 0 Å². The van der Waals surface area contributed by atoms with Gasteiger partial charge in [-0.25, -0.2) is 0 Å². The molecule has 1 atom stereocenters. The number of benzene rings is 1. The molecule has 0 saturated carbocycles. The normalized spacial score (nSPS) is 20.4. The number of ether oxygens (including phenoxy) is 1. The Bertz CT molecular complexity index is 351. The number of nitrogens with zero attached hydrogens (tertiary/aromatic N) is 1. The van der Waals surface area contributed by atoms with Crippen LogP contribution in [-0.4, -0.2) is 19.2 Å². The van der Waals surface area contributed by atoms with Gasteiger partial charge in [0.25, 0.3) is 0 Å². The molecule has 0 bridgehead atoms. The second-order valence-electron chi connectivity index (χ2n) is 3.37. The molecule has 1 saturated heterocycles. The van der Waals surface area contributed by atoms with Crippen molar-refractivity contribution >= 4 is 0 Å². The minimum atomic E-state index is 0.254. The molecule has 1 heterocycles. The van der Waals surface area contributed by atoms with Crippen LogP contribution in [0.25, 0.3) is 0 Å². The van der Waals surface area contributed by atoms with Gasteiger partial charge < -0.3 is 10.1 Å². The number of hydrogen-bond donors (Lipinski definition) is 1. The first kappa shape index (κ1) is 9.04. The fourth-order valence-electron chi connectivity index (χ4n) is 1.56. The van der Waals surface area contributed by atoms with Gasteiger partial charge in [0.05, 0.1) is 11.6 Å². The van der Waals surface area contributed by atoms with Crippen LogP contribution < -0.4 is 10.1 Å². The Morgan fingerprint density at radius 1 is 1.50 bits per heavy atom. The Balaban J connectivity index is 2.05. The summed E-state index contributed by atoms with van der Waals surface area (Å²) in [6.45, 7) is 1.92. The Hall–Kier alpha value is -1.53. The third-order valence-electron chi connectivity index (χ3n) is 2.28. The van der Waals surface area contributed by atoms with Crippen molar-refractivity contribution in [2.75, 3.05) is 13.1 Å². The fraction of sp³-hybridized carbons (Fsp3) is 0.364. The summed E-state index contributed by atoms with van der Waals surface area (Å²) in [5, 5.41) is 11.9. The highest BCUT2D eigenvalue weighted by Gasteiger charge is 2.15. The first-order valence-electron chi connectivity index (χ1n) is 4.76. The number of rotatable bonds is 2. The van der Waals surface area contributed by atoms with Crippen LogP contribution in [0.5, 0.6) is 5.75 Å². The van der Waals surface area contributed by atoms with E-state index < -0.39 is 0 Å². The molecule has 0 radical (unpaired) electrons. The van der Waals surface area contributed by atoms with E-state index in [0.717, 1.165) is 25.3 Å². The molecule has 1 N–H and O–H groups in total. The topological polar surface area (TPSA) is 45.0 Å². The average Bonchev–Trinajstić information content (AvgIpc) is 2.71. The fourth-order valence-corrected chi connectivity index (χ4v) is 1.56. The summed E-state index contributed by atoms with van der Waals surface area (Å²) in [5.41, 5.74) is 0.647. The number of nitrogens with one attached hydrogen (secondary N) is 1. The van der Waals surface area contributed by atoms with Crippen LogP contribution in [0.1, 0.15) is 12.0 Å². The van der Waals surface area contributed by atoms with Crippen LogP contribution >= 0.6 is 0 Å². The van der Waals surface area contributed by atoms with Crippen LogP contribution in [0.2, 0.25) is 0 Å². The second-order valence-corrected chi connectivity index (χ2v) is 3.37. The van der Waals surface area contributed by atoms with Crippen molar-refractivity contribution < 1.29 is 4.74 Å². The highest BCUT2D eigenvalue weighted by atomic mass is 16.5. The highest BCUT2D eigenvalue weighted by Crippen LogP contribution is 2.16. The van der Waals surface area contributed by atoms with Crippen LogP contribution in [0.15, 0.2) is 24.3 Å². The van der Waals surface area contributed by atoms with E-state index in [-0.39, 0.29) is 6.10 Å². The smallest absolute Gasteiger partial charge is 0.121 e. The zero-order chi connectivity index (χ0) is 9.80. The van der Waals surface area contributed by atoms with Crippen molar-refractivity contribution in [1.29, 1.82) is 5.26 Å². The van der Waals surface area contributed by atoms with Gasteiger partial charge in [0.1, 0.15) is 11.9 Å². The standard InChI is InChI=1S/C11H12N2O/c12-7-9-2-1-3-10(6-9)14-11-4-5-13-8-11/h1-3,6,11,13H,4-5,8H2. The Labute approximate surface area is 83.3 Å². The molecular formula is C11H12N2O. The molecule has 1 aliphatic rings. The van der Waals surface area contributed by atoms with E-state index in [4.69, 9.17) is 10.00 Å². The van der Waals surface area contributed by atoms with E-state index in [9.17, 15) is 0 Å². The molecule has 72 valence electrons. The van der Waals surface area contributed by atoms with Gasteiger partial charge in [-0.1, -0.05) is 6.07 Å². The van der Waals surface area contributed by atoms with Gasteiger partial charge in [0.2, 0.25) is 0 Å². The molecular weight excluding hydrogens is 176 g/mol. The molecule has 1 fully saturated rings. The third-order valence-corrected chi connectivity index (χ3v) is 2.28. The Morgan fingerprint density at radius 2 is 2.43 bits per heavy atom. The summed E-state index contributed by atoms with van der Waals surface area (Å²) in [7, 11) is 0. The molecule has 0 amide bonds. The van der Waals surface area contributed by atoms with Crippen LogP contribution in [-0.2, 0) is 0 Å². The predicted molar refractivity (Wildman–Crippen MR) is 53.1 cm³/mol. The number of nitriles is 1. The molecule has 14 heavy (non-hydrogen) atoms. The highest BCUT2D eigenvalue weighted by molar-refractivity contribution is 5.36. The summed E-state index contributed by atoms with van der Waals surface area (Å²) >= 11 is 0. The molecule has 1 unspecified atom stereocenters. The zero-order valence-corrected chi connectivity index (χ0v) is 7.86. The van der Waals surface area contributed by atoms with Gasteiger partial charge in [-0.05, 0) is 31.2 Å². The van der Waals surface area contributed by atoms with Crippen molar-refractivity contribution in [3.05, 3.63) is 29.8 Å². The van der Waals surface area contributed by atoms with E-state index in [1.165, 1.54) is 0 Å². The second kappa shape index (κ2) is 4.12. The van der Waals surface area contributed by atoms with E-state index in [0.29, 0.717) is 5.56 Å². The first-order valence-corrected chi connectivity index (χ1v) is 4.76. The summed E-state index contributed by atoms with van der Waals surface area (Å²) in [5.74, 6) is 0.790. The average molecular weight is 188 g/mol. The van der Waals surface area contributed by atoms with Crippen molar-refractivity contribution in [1.82, 2.24) is 5.32 Å². The molecule has 0 aromatic heterocycles. The molecule has 2 rings (SSSR count). The molecule has 3 heteroatoms. The van der Waals surface area contributed by atoms with Gasteiger partial charge in [-0.15, -0.1) is 0 Å². The van der Waals surface area contributed by atoms with E-state index in [1.54, 1.807) is 12.1 Å². The summed E-state index contributed by atoms with van der Waals surface area (Å²) < 4.78 is 5.70. The third kappa shape index (κ3) is 2.04. The van der Waals surface area contributed by atoms with Gasteiger partial charge in [-0.2, -0.15) is 5.26 Å². The van der Waals surface area contributed by atoms with Crippen molar-refractivity contribution in [2.45, 2.75) is 12.5 Å². The summed E-state index contributed by atoms with van der Waals surface area (Å²) in [4.78, 5) is 0. The molecule has 3 nitrogen and oxygen atoms in total. The minimum Gasteiger partial charge on any atom is -0.489 e. The zero-order valence-electron chi connectivity index (χ0n) is 7.86. The van der Waals surface area contributed by atoms with Gasteiger partial charge in [-0.3, -0.25) is 0 Å². The summed E-state index contributed by atoms with van der Waals surface area (Å²) in [6, 6.07) is 9.38. The Morgan fingerprint density at radius 3 is 3.14 bits per heavy atom. The largest absolute Gasteiger partial charge is 0.489 e. The van der Waals surface area contributed by atoms with Crippen LogP contribution in [0.4, 0.5) is 0 Å². The van der Waals surface area contributed by atoms with E-state index in [1.807, 2.05) is 12.1 Å². The van der Waals surface area contributed by atoms with E-state index >= 15 is 0 Å². The molecule has 0 spiro atoms.